The van der Waals surface area contributed by atoms with Crippen molar-refractivity contribution < 1.29 is 18.7 Å². The van der Waals surface area contributed by atoms with Crippen LogP contribution in [0.2, 0.25) is 0 Å². The molecule has 1 aliphatic rings. The van der Waals surface area contributed by atoms with Crippen molar-refractivity contribution in [3.05, 3.63) is 46.0 Å². The molecule has 0 amide bonds. The molecule has 0 aliphatic carbocycles. The van der Waals surface area contributed by atoms with E-state index in [1.165, 1.54) is 16.7 Å². The van der Waals surface area contributed by atoms with Crippen LogP contribution in [0.1, 0.15) is 10.4 Å². The van der Waals surface area contributed by atoms with E-state index in [4.69, 9.17) is 0 Å². The average Bonchev–Trinajstić information content (AvgIpc) is 2.69. The Kier molecular flexibility index (Phi) is 4.91. The number of nitrogens with zero attached hydrogens (tertiary/aromatic N) is 4. The van der Waals surface area contributed by atoms with E-state index in [2.05, 4.69) is 9.88 Å². The van der Waals surface area contributed by atoms with Gasteiger partial charge in [-0.3, -0.25) is 4.79 Å². The van der Waals surface area contributed by atoms with Crippen molar-refractivity contribution in [3.8, 4) is 0 Å². The molecule has 0 saturated carbocycles. The zero-order valence-corrected chi connectivity index (χ0v) is 15.9. The Morgan fingerprint density at radius 2 is 1.93 bits per heavy atom. The molecule has 0 spiro atoms. The zero-order chi connectivity index (χ0) is 20.7. The number of rotatable bonds is 4. The van der Waals surface area contributed by atoms with Crippen LogP contribution < -0.4 is 10.3 Å². The van der Waals surface area contributed by atoms with Crippen LogP contribution in [0.3, 0.4) is 0 Å². The third-order valence-electron chi connectivity index (χ3n) is 5.31. The van der Waals surface area contributed by atoms with Crippen LogP contribution in [-0.2, 0) is 6.54 Å². The SMILES string of the molecule is CN1CCN(c2cc3nc4c(cc3cc2F)c(=O)c(C(=O)O)cn4CCF)CC1. The number of carboxylic acid groups (broad SMARTS) is 1. The van der Waals surface area contributed by atoms with Gasteiger partial charge in [0.2, 0.25) is 5.43 Å². The van der Waals surface area contributed by atoms with Gasteiger partial charge in [-0.1, -0.05) is 0 Å². The molecular weight excluding hydrogens is 382 g/mol. The highest BCUT2D eigenvalue weighted by molar-refractivity contribution is 5.96. The molecule has 3 heterocycles. The minimum atomic E-state index is -1.40. The molecule has 9 heteroatoms. The summed E-state index contributed by atoms with van der Waals surface area (Å²) in [6.45, 7) is 2.12. The number of benzene rings is 1. The second-order valence-corrected chi connectivity index (χ2v) is 7.21. The van der Waals surface area contributed by atoms with Gasteiger partial charge < -0.3 is 19.5 Å². The summed E-state index contributed by atoms with van der Waals surface area (Å²) < 4.78 is 29.1. The van der Waals surface area contributed by atoms with Crippen LogP contribution >= 0.6 is 0 Å². The molecule has 29 heavy (non-hydrogen) atoms. The predicted molar refractivity (Wildman–Crippen MR) is 106 cm³/mol. The van der Waals surface area contributed by atoms with Gasteiger partial charge in [0.25, 0.3) is 0 Å². The standard InChI is InChI=1S/C20H20F2N4O3/c1-24-4-6-25(7-5-24)17-10-16-12(9-15(17)22)8-13-18(27)14(20(28)29)11-26(3-2-21)19(13)23-16/h8-11H,2-7H2,1H3,(H,28,29). The van der Waals surface area contributed by atoms with Crippen LogP contribution in [0.25, 0.3) is 21.9 Å². The Morgan fingerprint density at radius 1 is 1.21 bits per heavy atom. The van der Waals surface area contributed by atoms with Crippen molar-refractivity contribution in [3.63, 3.8) is 0 Å². The molecule has 7 nitrogen and oxygen atoms in total. The van der Waals surface area contributed by atoms with Crippen LogP contribution in [-0.4, -0.2) is 65.4 Å². The van der Waals surface area contributed by atoms with Gasteiger partial charge in [0.05, 0.1) is 23.1 Å². The fourth-order valence-corrected chi connectivity index (χ4v) is 3.68. The molecule has 152 valence electrons. The van der Waals surface area contributed by atoms with Crippen molar-refractivity contribution in [2.24, 2.45) is 0 Å². The molecule has 0 unspecified atom stereocenters. The number of carbonyl (C=O) groups is 1. The highest BCUT2D eigenvalue weighted by Gasteiger charge is 2.20. The van der Waals surface area contributed by atoms with Gasteiger partial charge in [0, 0.05) is 37.8 Å². The Bertz CT molecular complexity index is 1170. The normalized spacial score (nSPS) is 15.3. The Labute approximate surface area is 164 Å². The number of alkyl halides is 1. The third-order valence-corrected chi connectivity index (χ3v) is 5.31. The minimum Gasteiger partial charge on any atom is -0.477 e. The lowest BCUT2D eigenvalue weighted by Crippen LogP contribution is -2.44. The molecule has 2 aromatic heterocycles. The number of hydrogen-bond acceptors (Lipinski definition) is 5. The lowest BCUT2D eigenvalue weighted by molar-refractivity contribution is 0.0694. The number of fused-ring (bicyclic) bond motifs is 2. The number of aryl methyl sites for hydroxylation is 1. The smallest absolute Gasteiger partial charge is 0.341 e. The fraction of sp³-hybridized carbons (Fsp3) is 0.350. The van der Waals surface area contributed by atoms with Crippen molar-refractivity contribution in [1.29, 1.82) is 0 Å². The average molecular weight is 402 g/mol. The summed E-state index contributed by atoms with van der Waals surface area (Å²) in [5, 5.41) is 9.69. The van der Waals surface area contributed by atoms with Gasteiger partial charge >= 0.3 is 5.97 Å². The second-order valence-electron chi connectivity index (χ2n) is 7.21. The predicted octanol–water partition coefficient (Wildman–Crippen LogP) is 2.11. The summed E-state index contributed by atoms with van der Waals surface area (Å²) in [4.78, 5) is 32.5. The number of halogens is 2. The first-order valence-electron chi connectivity index (χ1n) is 9.29. The molecule has 1 aliphatic heterocycles. The molecule has 4 rings (SSSR count). The van der Waals surface area contributed by atoms with E-state index in [9.17, 15) is 23.5 Å². The highest BCUT2D eigenvalue weighted by Crippen LogP contribution is 2.28. The van der Waals surface area contributed by atoms with Gasteiger partial charge in [0.15, 0.2) is 0 Å². The molecule has 1 aromatic carbocycles. The molecule has 1 N–H and O–H groups in total. The van der Waals surface area contributed by atoms with Gasteiger partial charge in [-0.2, -0.15) is 0 Å². The molecule has 0 bridgehead atoms. The number of anilines is 1. The van der Waals surface area contributed by atoms with Crippen LogP contribution in [0.5, 0.6) is 0 Å². The van der Waals surface area contributed by atoms with E-state index in [1.54, 1.807) is 6.07 Å². The fourth-order valence-electron chi connectivity index (χ4n) is 3.68. The summed E-state index contributed by atoms with van der Waals surface area (Å²) in [7, 11) is 2.01. The quantitative estimate of drug-likeness (QED) is 0.674. The molecular formula is C20H20F2N4O3. The molecule has 3 aromatic rings. The number of piperazine rings is 1. The molecule has 1 saturated heterocycles. The van der Waals surface area contributed by atoms with Crippen molar-refractivity contribution >= 4 is 33.6 Å². The summed E-state index contributed by atoms with van der Waals surface area (Å²) >= 11 is 0. The van der Waals surface area contributed by atoms with Crippen LogP contribution in [0.4, 0.5) is 14.5 Å². The second kappa shape index (κ2) is 7.40. The topological polar surface area (TPSA) is 78.7 Å². The lowest BCUT2D eigenvalue weighted by atomic mass is 10.1. The summed E-state index contributed by atoms with van der Waals surface area (Å²) in [5.41, 5.74) is -0.120. The minimum absolute atomic E-state index is 0.0256. The van der Waals surface area contributed by atoms with E-state index in [-0.39, 0.29) is 17.6 Å². The maximum Gasteiger partial charge on any atom is 0.341 e. The van der Waals surface area contributed by atoms with Crippen molar-refractivity contribution in [2.45, 2.75) is 6.54 Å². The molecule has 0 atom stereocenters. The zero-order valence-electron chi connectivity index (χ0n) is 15.9. The van der Waals surface area contributed by atoms with E-state index in [1.807, 2.05) is 11.9 Å². The summed E-state index contributed by atoms with van der Waals surface area (Å²) in [6.07, 6.45) is 1.11. The molecule has 1 fully saturated rings. The van der Waals surface area contributed by atoms with E-state index >= 15 is 0 Å². The molecule has 0 radical (unpaired) electrons. The largest absolute Gasteiger partial charge is 0.477 e. The van der Waals surface area contributed by atoms with E-state index in [0.717, 1.165) is 19.3 Å². The Morgan fingerprint density at radius 3 is 2.59 bits per heavy atom. The van der Waals surface area contributed by atoms with Crippen molar-refractivity contribution in [1.82, 2.24) is 14.5 Å². The van der Waals surface area contributed by atoms with Crippen LogP contribution in [0.15, 0.2) is 29.2 Å². The van der Waals surface area contributed by atoms with E-state index in [0.29, 0.717) is 29.7 Å². The third kappa shape index (κ3) is 3.42. The number of carboxylic acids is 1. The summed E-state index contributed by atoms with van der Waals surface area (Å²) in [5.74, 6) is -1.83. The number of aromatic nitrogens is 2. The Balaban J connectivity index is 1.92. The lowest BCUT2D eigenvalue weighted by Gasteiger charge is -2.34. The van der Waals surface area contributed by atoms with Gasteiger partial charge in [-0.15, -0.1) is 0 Å². The van der Waals surface area contributed by atoms with Gasteiger partial charge in [-0.25, -0.2) is 18.6 Å². The van der Waals surface area contributed by atoms with Crippen molar-refractivity contribution in [2.75, 3.05) is 44.8 Å². The first-order chi connectivity index (χ1) is 13.9. The summed E-state index contributed by atoms with van der Waals surface area (Å²) in [6, 6.07) is 4.37. The monoisotopic (exact) mass is 402 g/mol. The van der Waals surface area contributed by atoms with E-state index < -0.39 is 29.5 Å². The van der Waals surface area contributed by atoms with Crippen LogP contribution in [0, 0.1) is 5.82 Å². The number of aromatic carboxylic acids is 1. The van der Waals surface area contributed by atoms with Gasteiger partial charge in [-0.05, 0) is 25.2 Å². The highest BCUT2D eigenvalue weighted by atomic mass is 19.1. The maximum atomic E-state index is 14.8. The Hall–Kier alpha value is -3.07. The maximum absolute atomic E-state index is 14.8. The number of hydrogen-bond donors (Lipinski definition) is 1. The van der Waals surface area contributed by atoms with Gasteiger partial charge in [0.1, 0.15) is 23.7 Å². The number of pyridine rings is 2. The number of likely N-dealkylation sites (N-methyl/N-ethyl adjacent to an activating group) is 1. The first kappa shape index (κ1) is 19.3. The first-order valence-corrected chi connectivity index (χ1v) is 9.29.